The highest BCUT2D eigenvalue weighted by atomic mass is 16.4. The van der Waals surface area contributed by atoms with E-state index in [0.29, 0.717) is 5.56 Å². The highest BCUT2D eigenvalue weighted by Gasteiger charge is 2.25. The van der Waals surface area contributed by atoms with E-state index in [0.717, 1.165) is 29.5 Å². The van der Waals surface area contributed by atoms with Crippen LogP contribution >= 0.6 is 0 Å². The Morgan fingerprint density at radius 1 is 1.62 bits per heavy atom. The summed E-state index contributed by atoms with van der Waals surface area (Å²) in [4.78, 5) is 10.7. The topological polar surface area (TPSA) is 61.1 Å². The van der Waals surface area contributed by atoms with Crippen molar-refractivity contribution >= 4 is 5.97 Å². The second kappa shape index (κ2) is 3.97. The fourth-order valence-electron chi connectivity index (χ4n) is 2.40. The minimum absolute atomic E-state index is 0.124. The first-order chi connectivity index (χ1) is 7.61. The first kappa shape index (κ1) is 10.7. The van der Waals surface area contributed by atoms with Crippen molar-refractivity contribution in [1.29, 1.82) is 5.26 Å². The molecule has 82 valence electrons. The molecule has 0 saturated carbocycles. The number of fused-ring (bicyclic) bond motifs is 1. The summed E-state index contributed by atoms with van der Waals surface area (Å²) >= 11 is 0. The molecule has 1 aromatic rings. The van der Waals surface area contributed by atoms with Crippen molar-refractivity contribution < 1.29 is 9.90 Å². The van der Waals surface area contributed by atoms with E-state index in [2.05, 4.69) is 6.07 Å². The van der Waals surface area contributed by atoms with Crippen LogP contribution in [-0.4, -0.2) is 11.1 Å². The molecule has 0 amide bonds. The summed E-state index contributed by atoms with van der Waals surface area (Å²) in [5.74, 6) is -0.626. The standard InChI is InChI=1S/C13H13NO2/c1-8-4-12-9(5-11(8)7-14)2-3-10(12)6-13(15)16/h4-5,10H,2-3,6H2,1H3,(H,15,16). The van der Waals surface area contributed by atoms with Crippen molar-refractivity contribution in [1.82, 2.24) is 0 Å². The Morgan fingerprint density at radius 2 is 2.38 bits per heavy atom. The van der Waals surface area contributed by atoms with Gasteiger partial charge in [0.1, 0.15) is 0 Å². The summed E-state index contributed by atoms with van der Waals surface area (Å²) in [5, 5.41) is 17.7. The van der Waals surface area contributed by atoms with Crippen LogP contribution in [0.2, 0.25) is 0 Å². The Balaban J connectivity index is 2.38. The van der Waals surface area contributed by atoms with Gasteiger partial charge in [-0.25, -0.2) is 0 Å². The molecule has 0 aliphatic heterocycles. The fourth-order valence-corrected chi connectivity index (χ4v) is 2.40. The normalized spacial score (nSPS) is 17.9. The summed E-state index contributed by atoms with van der Waals surface area (Å²) in [6.07, 6.45) is 1.97. The van der Waals surface area contributed by atoms with E-state index >= 15 is 0 Å². The number of aryl methyl sites for hydroxylation is 2. The van der Waals surface area contributed by atoms with Crippen molar-refractivity contribution in [3.05, 3.63) is 34.4 Å². The van der Waals surface area contributed by atoms with E-state index in [-0.39, 0.29) is 12.3 Å². The van der Waals surface area contributed by atoms with Crippen molar-refractivity contribution in [3.63, 3.8) is 0 Å². The molecule has 16 heavy (non-hydrogen) atoms. The molecule has 1 aliphatic carbocycles. The first-order valence-corrected chi connectivity index (χ1v) is 5.37. The molecule has 1 aromatic carbocycles. The quantitative estimate of drug-likeness (QED) is 0.823. The van der Waals surface area contributed by atoms with Crippen LogP contribution in [0.1, 0.15) is 41.0 Å². The van der Waals surface area contributed by atoms with E-state index in [1.165, 1.54) is 0 Å². The number of benzene rings is 1. The third kappa shape index (κ3) is 1.79. The zero-order valence-electron chi connectivity index (χ0n) is 9.16. The van der Waals surface area contributed by atoms with E-state index in [4.69, 9.17) is 10.4 Å². The number of carboxylic acid groups (broad SMARTS) is 1. The maximum atomic E-state index is 10.7. The Morgan fingerprint density at radius 3 is 3.00 bits per heavy atom. The molecule has 1 aliphatic rings. The molecule has 2 rings (SSSR count). The molecule has 1 unspecified atom stereocenters. The van der Waals surface area contributed by atoms with Gasteiger partial charge in [0.05, 0.1) is 18.1 Å². The minimum Gasteiger partial charge on any atom is -0.481 e. The second-order valence-electron chi connectivity index (χ2n) is 4.31. The zero-order valence-corrected chi connectivity index (χ0v) is 9.16. The largest absolute Gasteiger partial charge is 0.481 e. The van der Waals surface area contributed by atoms with Crippen LogP contribution in [0.25, 0.3) is 0 Å². The van der Waals surface area contributed by atoms with Gasteiger partial charge in [-0.1, -0.05) is 6.07 Å². The van der Waals surface area contributed by atoms with Crippen LogP contribution in [0.3, 0.4) is 0 Å². The molecule has 0 heterocycles. The summed E-state index contributed by atoms with van der Waals surface area (Å²) < 4.78 is 0. The number of carboxylic acids is 1. The van der Waals surface area contributed by atoms with Gasteiger partial charge < -0.3 is 5.11 Å². The van der Waals surface area contributed by atoms with E-state index in [1.54, 1.807) is 0 Å². The summed E-state index contributed by atoms with van der Waals surface area (Å²) in [6, 6.07) is 6.05. The van der Waals surface area contributed by atoms with Gasteiger partial charge in [-0.05, 0) is 48.4 Å². The fraction of sp³-hybridized carbons (Fsp3) is 0.385. The van der Waals surface area contributed by atoms with Gasteiger partial charge in [0.15, 0.2) is 0 Å². The minimum atomic E-state index is -0.750. The maximum Gasteiger partial charge on any atom is 0.303 e. The Hall–Kier alpha value is -1.82. The molecule has 1 N–H and O–H groups in total. The van der Waals surface area contributed by atoms with Crippen LogP contribution in [0.5, 0.6) is 0 Å². The van der Waals surface area contributed by atoms with Gasteiger partial charge in [0.25, 0.3) is 0 Å². The lowest BCUT2D eigenvalue weighted by molar-refractivity contribution is -0.137. The molecule has 0 spiro atoms. The van der Waals surface area contributed by atoms with Gasteiger partial charge >= 0.3 is 5.97 Å². The van der Waals surface area contributed by atoms with Crippen LogP contribution < -0.4 is 0 Å². The lowest BCUT2D eigenvalue weighted by Gasteiger charge is -2.09. The summed E-state index contributed by atoms with van der Waals surface area (Å²) in [5.41, 5.74) is 3.92. The number of aliphatic carboxylic acids is 1. The molecule has 0 aromatic heterocycles. The van der Waals surface area contributed by atoms with Gasteiger partial charge in [-0.2, -0.15) is 5.26 Å². The number of nitriles is 1. The van der Waals surface area contributed by atoms with Crippen molar-refractivity contribution in [2.45, 2.75) is 32.1 Å². The number of carbonyl (C=O) groups is 1. The molecule has 0 saturated heterocycles. The molecular formula is C13H13NO2. The second-order valence-corrected chi connectivity index (χ2v) is 4.31. The van der Waals surface area contributed by atoms with Crippen molar-refractivity contribution in [2.24, 2.45) is 0 Å². The molecule has 0 bridgehead atoms. The Kier molecular flexibility index (Phi) is 2.66. The van der Waals surface area contributed by atoms with Crippen molar-refractivity contribution in [3.8, 4) is 6.07 Å². The zero-order chi connectivity index (χ0) is 11.7. The highest BCUT2D eigenvalue weighted by Crippen LogP contribution is 2.36. The summed E-state index contributed by atoms with van der Waals surface area (Å²) in [7, 11) is 0. The number of rotatable bonds is 2. The van der Waals surface area contributed by atoms with Crippen LogP contribution in [-0.2, 0) is 11.2 Å². The van der Waals surface area contributed by atoms with Crippen LogP contribution in [0.15, 0.2) is 12.1 Å². The van der Waals surface area contributed by atoms with Gasteiger partial charge in [-0.15, -0.1) is 0 Å². The van der Waals surface area contributed by atoms with Gasteiger partial charge in [-0.3, -0.25) is 4.79 Å². The van der Waals surface area contributed by atoms with E-state index in [1.807, 2.05) is 19.1 Å². The molecular weight excluding hydrogens is 202 g/mol. The average molecular weight is 215 g/mol. The summed E-state index contributed by atoms with van der Waals surface area (Å²) in [6.45, 7) is 1.90. The molecule has 3 heteroatoms. The monoisotopic (exact) mass is 215 g/mol. The SMILES string of the molecule is Cc1cc2c(cc1C#N)CCC2CC(=O)O. The molecule has 1 atom stereocenters. The maximum absolute atomic E-state index is 10.7. The van der Waals surface area contributed by atoms with E-state index < -0.39 is 5.97 Å². The highest BCUT2D eigenvalue weighted by molar-refractivity contribution is 5.68. The predicted octanol–water partition coefficient (Wildman–Crippen LogP) is 2.37. The third-order valence-electron chi connectivity index (χ3n) is 3.23. The smallest absolute Gasteiger partial charge is 0.303 e. The number of hydrogen-bond acceptors (Lipinski definition) is 2. The Bertz CT molecular complexity index is 485. The van der Waals surface area contributed by atoms with Crippen molar-refractivity contribution in [2.75, 3.05) is 0 Å². The lowest BCUT2D eigenvalue weighted by Crippen LogP contribution is -2.03. The van der Waals surface area contributed by atoms with E-state index in [9.17, 15) is 4.79 Å². The molecule has 0 fully saturated rings. The lowest BCUT2D eigenvalue weighted by atomic mass is 9.94. The molecule has 0 radical (unpaired) electrons. The van der Waals surface area contributed by atoms with Crippen LogP contribution in [0, 0.1) is 18.3 Å². The Labute approximate surface area is 94.3 Å². The average Bonchev–Trinajstić information content (AvgIpc) is 2.59. The molecule has 3 nitrogen and oxygen atoms in total. The van der Waals surface area contributed by atoms with Gasteiger partial charge in [0.2, 0.25) is 0 Å². The van der Waals surface area contributed by atoms with Crippen LogP contribution in [0.4, 0.5) is 0 Å². The first-order valence-electron chi connectivity index (χ1n) is 5.37. The predicted molar refractivity (Wildman–Crippen MR) is 59.2 cm³/mol. The van der Waals surface area contributed by atoms with Gasteiger partial charge in [0, 0.05) is 0 Å². The third-order valence-corrected chi connectivity index (χ3v) is 3.23. The number of hydrogen-bond donors (Lipinski definition) is 1. The number of nitrogens with zero attached hydrogens (tertiary/aromatic N) is 1.